The lowest BCUT2D eigenvalue weighted by Crippen LogP contribution is -2.30. The highest BCUT2D eigenvalue weighted by molar-refractivity contribution is 7.89. The van der Waals surface area contributed by atoms with E-state index in [-0.39, 0.29) is 25.1 Å². The summed E-state index contributed by atoms with van der Waals surface area (Å²) in [5, 5.41) is 3.95. The Balaban J connectivity index is 2.21. The highest BCUT2D eigenvalue weighted by atomic mass is 32.2. The van der Waals surface area contributed by atoms with E-state index in [1.807, 2.05) is 0 Å². The molecule has 0 unspecified atom stereocenters. The topological polar surface area (TPSA) is 90.3 Å². The highest BCUT2D eigenvalue weighted by Crippen LogP contribution is 1.96. The van der Waals surface area contributed by atoms with Crippen molar-refractivity contribution in [2.24, 2.45) is 0 Å². The first kappa shape index (κ1) is 14.7. The lowest BCUT2D eigenvalue weighted by atomic mass is 10.3. The summed E-state index contributed by atoms with van der Waals surface area (Å²) in [4.78, 5) is 10.8. The molecule has 0 saturated heterocycles. The maximum absolute atomic E-state index is 11.5. The summed E-state index contributed by atoms with van der Waals surface area (Å²) in [7, 11) is -2.06. The molecule has 1 aromatic heterocycles. The molecular weight excluding hydrogens is 258 g/mol. The Kier molecular flexibility index (Phi) is 5.79. The molecule has 7 nitrogen and oxygen atoms in total. The van der Waals surface area contributed by atoms with E-state index in [2.05, 4.69) is 14.6 Å². The van der Waals surface area contributed by atoms with Crippen LogP contribution in [0.15, 0.2) is 18.5 Å². The number of methoxy groups -OCH3 is 1. The van der Waals surface area contributed by atoms with Crippen LogP contribution in [0.2, 0.25) is 0 Å². The number of carbonyl (C=O) groups is 1. The summed E-state index contributed by atoms with van der Waals surface area (Å²) >= 11 is 0. The maximum atomic E-state index is 11.5. The third-order valence-electron chi connectivity index (χ3n) is 2.24. The monoisotopic (exact) mass is 275 g/mol. The number of nitrogens with one attached hydrogen (secondary N) is 1. The molecule has 102 valence electrons. The zero-order valence-corrected chi connectivity index (χ0v) is 11.0. The van der Waals surface area contributed by atoms with Crippen LogP contribution in [0.5, 0.6) is 0 Å². The molecule has 0 aliphatic heterocycles. The van der Waals surface area contributed by atoms with Gasteiger partial charge in [0.25, 0.3) is 0 Å². The molecule has 0 fully saturated rings. The minimum absolute atomic E-state index is 0.0821. The molecule has 0 saturated carbocycles. The maximum Gasteiger partial charge on any atom is 0.305 e. The van der Waals surface area contributed by atoms with E-state index in [4.69, 9.17) is 0 Å². The second kappa shape index (κ2) is 7.12. The first-order chi connectivity index (χ1) is 8.53. The van der Waals surface area contributed by atoms with E-state index in [1.165, 1.54) is 7.11 Å². The van der Waals surface area contributed by atoms with Crippen LogP contribution in [0.4, 0.5) is 0 Å². The van der Waals surface area contributed by atoms with Crippen molar-refractivity contribution in [3.8, 4) is 0 Å². The molecule has 0 bridgehead atoms. The largest absolute Gasteiger partial charge is 0.469 e. The molecular formula is C10H17N3O4S. The van der Waals surface area contributed by atoms with Crippen molar-refractivity contribution in [3.63, 3.8) is 0 Å². The number of rotatable bonds is 8. The van der Waals surface area contributed by atoms with Gasteiger partial charge in [-0.1, -0.05) is 0 Å². The lowest BCUT2D eigenvalue weighted by molar-refractivity contribution is -0.140. The van der Waals surface area contributed by atoms with Gasteiger partial charge in [-0.15, -0.1) is 0 Å². The van der Waals surface area contributed by atoms with Crippen LogP contribution in [0, 0.1) is 0 Å². The molecule has 1 heterocycles. The van der Waals surface area contributed by atoms with Crippen molar-refractivity contribution in [2.75, 3.05) is 19.4 Å². The van der Waals surface area contributed by atoms with Gasteiger partial charge in [0.05, 0.1) is 19.4 Å². The number of carbonyl (C=O) groups excluding carboxylic acids is 1. The molecule has 0 amide bonds. The number of ether oxygens (including phenoxy) is 1. The first-order valence-electron chi connectivity index (χ1n) is 5.55. The molecule has 0 aromatic carbocycles. The second-order valence-corrected chi connectivity index (χ2v) is 5.59. The molecule has 1 aromatic rings. The van der Waals surface area contributed by atoms with Crippen LogP contribution in [0.3, 0.4) is 0 Å². The van der Waals surface area contributed by atoms with Gasteiger partial charge in [0, 0.05) is 25.4 Å². The van der Waals surface area contributed by atoms with Gasteiger partial charge in [-0.05, 0) is 12.5 Å². The van der Waals surface area contributed by atoms with Gasteiger partial charge >= 0.3 is 5.97 Å². The van der Waals surface area contributed by atoms with Gasteiger partial charge in [-0.25, -0.2) is 13.1 Å². The van der Waals surface area contributed by atoms with Crippen LogP contribution >= 0.6 is 0 Å². The molecule has 1 rings (SSSR count). The van der Waals surface area contributed by atoms with Gasteiger partial charge in [-0.2, -0.15) is 5.10 Å². The second-order valence-electron chi connectivity index (χ2n) is 3.66. The number of esters is 1. The number of nitrogens with zero attached hydrogens (tertiary/aromatic N) is 2. The van der Waals surface area contributed by atoms with E-state index < -0.39 is 16.0 Å². The summed E-state index contributed by atoms with van der Waals surface area (Å²) < 4.78 is 31.6. The molecule has 1 N–H and O–H groups in total. The van der Waals surface area contributed by atoms with Gasteiger partial charge in [0.15, 0.2) is 0 Å². The Bertz CT molecular complexity index is 455. The van der Waals surface area contributed by atoms with E-state index in [0.717, 1.165) is 0 Å². The molecule has 0 aliphatic carbocycles. The Morgan fingerprint density at radius 1 is 1.50 bits per heavy atom. The normalized spacial score (nSPS) is 11.4. The smallest absolute Gasteiger partial charge is 0.305 e. The van der Waals surface area contributed by atoms with Crippen LogP contribution in [0.1, 0.15) is 12.8 Å². The number of hydrogen-bond donors (Lipinski definition) is 1. The van der Waals surface area contributed by atoms with E-state index in [1.54, 1.807) is 23.1 Å². The minimum atomic E-state index is -3.34. The predicted octanol–water partition coefficient (Wildman–Crippen LogP) is -0.244. The summed E-state index contributed by atoms with van der Waals surface area (Å²) in [6.07, 6.45) is 3.75. The zero-order chi connectivity index (χ0) is 13.4. The molecule has 18 heavy (non-hydrogen) atoms. The fourth-order valence-corrected chi connectivity index (χ4v) is 2.40. The number of hydrogen-bond acceptors (Lipinski definition) is 5. The molecule has 0 aliphatic rings. The van der Waals surface area contributed by atoms with Crippen molar-refractivity contribution >= 4 is 16.0 Å². The zero-order valence-electron chi connectivity index (χ0n) is 10.2. The molecule has 0 atom stereocenters. The van der Waals surface area contributed by atoms with Crippen molar-refractivity contribution in [1.82, 2.24) is 14.5 Å². The average molecular weight is 275 g/mol. The minimum Gasteiger partial charge on any atom is -0.469 e. The summed E-state index contributed by atoms with van der Waals surface area (Å²) in [6.45, 7) is 0.755. The van der Waals surface area contributed by atoms with E-state index >= 15 is 0 Å². The van der Waals surface area contributed by atoms with Gasteiger partial charge in [0.1, 0.15) is 0 Å². The Morgan fingerprint density at radius 3 is 2.89 bits per heavy atom. The van der Waals surface area contributed by atoms with Crippen molar-refractivity contribution in [1.29, 1.82) is 0 Å². The fourth-order valence-electron chi connectivity index (χ4n) is 1.33. The number of aromatic nitrogens is 2. The first-order valence-corrected chi connectivity index (χ1v) is 7.20. The van der Waals surface area contributed by atoms with Crippen LogP contribution < -0.4 is 4.72 Å². The van der Waals surface area contributed by atoms with Crippen molar-refractivity contribution < 1.29 is 17.9 Å². The SMILES string of the molecule is COC(=O)CCCS(=O)(=O)NCCn1cccn1. The quantitative estimate of drug-likeness (QED) is 0.661. The molecule has 0 radical (unpaired) electrons. The van der Waals surface area contributed by atoms with Crippen molar-refractivity contribution in [3.05, 3.63) is 18.5 Å². The molecule has 8 heteroatoms. The third kappa shape index (κ3) is 5.78. The summed E-state index contributed by atoms with van der Waals surface area (Å²) in [5.41, 5.74) is 0. The van der Waals surface area contributed by atoms with E-state index in [0.29, 0.717) is 6.54 Å². The summed E-state index contributed by atoms with van der Waals surface area (Å²) in [5.74, 6) is -0.483. The summed E-state index contributed by atoms with van der Waals surface area (Å²) in [6, 6.07) is 1.77. The van der Waals surface area contributed by atoms with Gasteiger partial charge in [0.2, 0.25) is 10.0 Å². The molecule has 0 spiro atoms. The Labute approximate surface area is 106 Å². The number of sulfonamides is 1. The van der Waals surface area contributed by atoms with Gasteiger partial charge in [-0.3, -0.25) is 9.48 Å². The van der Waals surface area contributed by atoms with Crippen molar-refractivity contribution in [2.45, 2.75) is 19.4 Å². The third-order valence-corrected chi connectivity index (χ3v) is 3.71. The Hall–Kier alpha value is -1.41. The van der Waals surface area contributed by atoms with Crippen LogP contribution in [-0.2, 0) is 26.1 Å². The van der Waals surface area contributed by atoms with Gasteiger partial charge < -0.3 is 4.74 Å². The lowest BCUT2D eigenvalue weighted by Gasteiger charge is -2.06. The highest BCUT2D eigenvalue weighted by Gasteiger charge is 2.11. The fraction of sp³-hybridized carbons (Fsp3) is 0.600. The Morgan fingerprint density at radius 2 is 2.28 bits per heavy atom. The standard InChI is InChI=1S/C10H17N3O4S/c1-17-10(14)4-2-9-18(15,16)12-6-8-13-7-3-5-11-13/h3,5,7,12H,2,4,6,8-9H2,1H3. The van der Waals surface area contributed by atoms with E-state index in [9.17, 15) is 13.2 Å². The van der Waals surface area contributed by atoms with Crippen LogP contribution in [-0.4, -0.2) is 43.6 Å². The average Bonchev–Trinajstić information content (AvgIpc) is 2.81. The van der Waals surface area contributed by atoms with Crippen LogP contribution in [0.25, 0.3) is 0 Å². The predicted molar refractivity (Wildman–Crippen MR) is 65.3 cm³/mol.